The Morgan fingerprint density at radius 2 is 2.19 bits per heavy atom. The summed E-state index contributed by atoms with van der Waals surface area (Å²) in [5.41, 5.74) is 8.32. The number of nitrogen functional groups attached to an aromatic ring is 1. The van der Waals surface area contributed by atoms with Gasteiger partial charge in [-0.15, -0.1) is 0 Å². The van der Waals surface area contributed by atoms with Crippen LogP contribution in [0.5, 0.6) is 0 Å². The molecule has 116 valence electrons. The second kappa shape index (κ2) is 6.48. The summed E-state index contributed by atoms with van der Waals surface area (Å²) in [7, 11) is 0. The maximum atomic E-state index is 12.6. The van der Waals surface area contributed by atoms with Crippen molar-refractivity contribution in [1.82, 2.24) is 4.90 Å². The maximum absolute atomic E-state index is 12.6. The summed E-state index contributed by atoms with van der Waals surface area (Å²) < 4.78 is 0. The Hall–Kier alpha value is -1.55. The third-order valence-corrected chi connectivity index (χ3v) is 4.67. The first-order valence-corrected chi connectivity index (χ1v) is 7.88. The SMILES string of the molecule is CCC1CCC(C)N1C(C)C(=O)Nc1cc(N)ccc1C. The highest BCUT2D eigenvalue weighted by molar-refractivity contribution is 5.95. The van der Waals surface area contributed by atoms with Crippen LogP contribution in [0.4, 0.5) is 11.4 Å². The summed E-state index contributed by atoms with van der Waals surface area (Å²) >= 11 is 0. The largest absolute Gasteiger partial charge is 0.399 e. The van der Waals surface area contributed by atoms with Gasteiger partial charge >= 0.3 is 0 Å². The van der Waals surface area contributed by atoms with E-state index < -0.39 is 0 Å². The summed E-state index contributed by atoms with van der Waals surface area (Å²) in [6, 6.07) is 6.48. The first-order valence-electron chi connectivity index (χ1n) is 7.88. The minimum absolute atomic E-state index is 0.0518. The second-order valence-electron chi connectivity index (χ2n) is 6.18. The molecule has 3 atom stereocenters. The zero-order valence-corrected chi connectivity index (χ0v) is 13.5. The number of aryl methyl sites for hydroxylation is 1. The van der Waals surface area contributed by atoms with E-state index in [1.54, 1.807) is 0 Å². The Kier molecular flexibility index (Phi) is 4.88. The van der Waals surface area contributed by atoms with E-state index in [-0.39, 0.29) is 11.9 Å². The number of nitrogens with two attached hydrogens (primary N) is 1. The van der Waals surface area contributed by atoms with Crippen LogP contribution in [-0.2, 0) is 4.79 Å². The molecule has 0 radical (unpaired) electrons. The number of nitrogens with one attached hydrogen (secondary N) is 1. The van der Waals surface area contributed by atoms with Crippen LogP contribution in [0.2, 0.25) is 0 Å². The molecule has 3 unspecified atom stereocenters. The molecule has 0 spiro atoms. The van der Waals surface area contributed by atoms with E-state index in [9.17, 15) is 4.79 Å². The van der Waals surface area contributed by atoms with Gasteiger partial charge < -0.3 is 11.1 Å². The summed E-state index contributed by atoms with van der Waals surface area (Å²) in [4.78, 5) is 14.9. The van der Waals surface area contributed by atoms with E-state index in [0.717, 1.165) is 17.7 Å². The predicted octanol–water partition coefficient (Wildman–Crippen LogP) is 3.17. The summed E-state index contributed by atoms with van der Waals surface area (Å²) in [5.74, 6) is 0.0518. The molecule has 4 heteroatoms. The average Bonchev–Trinajstić information content (AvgIpc) is 2.83. The highest BCUT2D eigenvalue weighted by Crippen LogP contribution is 2.29. The Bertz CT molecular complexity index is 515. The number of anilines is 2. The quantitative estimate of drug-likeness (QED) is 0.837. The molecule has 0 bridgehead atoms. The fraction of sp³-hybridized carbons (Fsp3) is 0.588. The van der Waals surface area contributed by atoms with Gasteiger partial charge in [-0.2, -0.15) is 0 Å². The molecule has 0 aromatic heterocycles. The lowest BCUT2D eigenvalue weighted by molar-refractivity contribution is -0.121. The number of likely N-dealkylation sites (tertiary alicyclic amines) is 1. The number of carbonyl (C=O) groups excluding carboxylic acids is 1. The van der Waals surface area contributed by atoms with Crippen molar-refractivity contribution in [3.8, 4) is 0 Å². The van der Waals surface area contributed by atoms with Crippen LogP contribution < -0.4 is 11.1 Å². The molecule has 1 aliphatic heterocycles. The molecule has 4 nitrogen and oxygen atoms in total. The minimum Gasteiger partial charge on any atom is -0.399 e. The molecule has 0 aliphatic carbocycles. The molecule has 21 heavy (non-hydrogen) atoms. The van der Waals surface area contributed by atoms with E-state index >= 15 is 0 Å². The van der Waals surface area contributed by atoms with Crippen molar-refractivity contribution in [1.29, 1.82) is 0 Å². The Morgan fingerprint density at radius 1 is 1.48 bits per heavy atom. The van der Waals surface area contributed by atoms with Gasteiger partial charge in [0.15, 0.2) is 0 Å². The van der Waals surface area contributed by atoms with Crippen molar-refractivity contribution in [2.75, 3.05) is 11.1 Å². The normalized spacial score (nSPS) is 24.0. The number of rotatable bonds is 4. The van der Waals surface area contributed by atoms with Gasteiger partial charge in [0.1, 0.15) is 0 Å². The van der Waals surface area contributed by atoms with Crippen LogP contribution >= 0.6 is 0 Å². The van der Waals surface area contributed by atoms with Gasteiger partial charge in [0, 0.05) is 23.5 Å². The van der Waals surface area contributed by atoms with E-state index in [0.29, 0.717) is 17.8 Å². The number of hydrogen-bond donors (Lipinski definition) is 2. The van der Waals surface area contributed by atoms with Crippen molar-refractivity contribution in [3.05, 3.63) is 23.8 Å². The van der Waals surface area contributed by atoms with Crippen molar-refractivity contribution in [3.63, 3.8) is 0 Å². The fourth-order valence-corrected chi connectivity index (χ4v) is 3.35. The Morgan fingerprint density at radius 3 is 2.86 bits per heavy atom. The van der Waals surface area contributed by atoms with Gasteiger partial charge in [0.05, 0.1) is 6.04 Å². The van der Waals surface area contributed by atoms with Crippen molar-refractivity contribution >= 4 is 17.3 Å². The molecule has 1 saturated heterocycles. The predicted molar refractivity (Wildman–Crippen MR) is 88.3 cm³/mol. The van der Waals surface area contributed by atoms with E-state index in [1.807, 2.05) is 32.0 Å². The van der Waals surface area contributed by atoms with E-state index in [4.69, 9.17) is 5.73 Å². The van der Waals surface area contributed by atoms with E-state index in [1.165, 1.54) is 12.8 Å². The van der Waals surface area contributed by atoms with Crippen LogP contribution in [-0.4, -0.2) is 28.9 Å². The average molecular weight is 289 g/mol. The van der Waals surface area contributed by atoms with Gasteiger partial charge in [-0.3, -0.25) is 9.69 Å². The smallest absolute Gasteiger partial charge is 0.241 e. The third kappa shape index (κ3) is 3.38. The van der Waals surface area contributed by atoms with Crippen LogP contribution in [0.25, 0.3) is 0 Å². The minimum atomic E-state index is -0.117. The van der Waals surface area contributed by atoms with Crippen LogP contribution in [0.1, 0.15) is 45.6 Å². The zero-order chi connectivity index (χ0) is 15.6. The molecule has 3 N–H and O–H groups in total. The second-order valence-corrected chi connectivity index (χ2v) is 6.18. The lowest BCUT2D eigenvalue weighted by atomic mass is 10.1. The van der Waals surface area contributed by atoms with Crippen LogP contribution in [0.15, 0.2) is 18.2 Å². The van der Waals surface area contributed by atoms with Gasteiger partial charge in [-0.25, -0.2) is 0 Å². The lowest BCUT2D eigenvalue weighted by Crippen LogP contribution is -2.47. The molecule has 1 aromatic rings. The number of carbonyl (C=O) groups is 1. The standard InChI is InChI=1S/C17H27N3O/c1-5-15-9-7-12(3)20(15)13(4)17(21)19-16-10-14(18)8-6-11(16)2/h6,8,10,12-13,15H,5,7,9,18H2,1-4H3,(H,19,21). The molecular formula is C17H27N3O. The topological polar surface area (TPSA) is 58.4 Å². The molecule has 2 rings (SSSR count). The third-order valence-electron chi connectivity index (χ3n) is 4.67. The molecule has 1 amide bonds. The Balaban J connectivity index is 2.10. The van der Waals surface area contributed by atoms with Crippen LogP contribution in [0, 0.1) is 6.92 Å². The van der Waals surface area contributed by atoms with Gasteiger partial charge in [0.2, 0.25) is 5.91 Å². The maximum Gasteiger partial charge on any atom is 0.241 e. The molecule has 0 saturated carbocycles. The highest BCUT2D eigenvalue weighted by atomic mass is 16.2. The number of benzene rings is 1. The molecule has 1 heterocycles. The molecular weight excluding hydrogens is 262 g/mol. The van der Waals surface area contributed by atoms with Crippen molar-refractivity contribution in [2.45, 2.75) is 65.1 Å². The Labute approximate surface area is 127 Å². The summed E-state index contributed by atoms with van der Waals surface area (Å²) in [6.45, 7) is 8.39. The number of hydrogen-bond acceptors (Lipinski definition) is 3. The van der Waals surface area contributed by atoms with Gasteiger partial charge in [-0.05, 0) is 57.7 Å². The van der Waals surface area contributed by atoms with Crippen LogP contribution in [0.3, 0.4) is 0 Å². The molecule has 1 aliphatic rings. The van der Waals surface area contributed by atoms with Crippen molar-refractivity contribution in [2.24, 2.45) is 0 Å². The molecule has 1 fully saturated rings. The summed E-state index contributed by atoms with van der Waals surface area (Å²) in [6.07, 6.45) is 3.46. The monoisotopic (exact) mass is 289 g/mol. The number of nitrogens with zero attached hydrogens (tertiary/aromatic N) is 1. The summed E-state index contributed by atoms with van der Waals surface area (Å²) in [5, 5.41) is 3.03. The van der Waals surface area contributed by atoms with E-state index in [2.05, 4.69) is 24.1 Å². The number of amides is 1. The first kappa shape index (κ1) is 15.8. The molecule has 1 aromatic carbocycles. The van der Waals surface area contributed by atoms with Gasteiger partial charge in [-0.1, -0.05) is 13.0 Å². The first-order chi connectivity index (χ1) is 9.93. The van der Waals surface area contributed by atoms with Gasteiger partial charge in [0.25, 0.3) is 0 Å². The lowest BCUT2D eigenvalue weighted by Gasteiger charge is -2.33. The fourth-order valence-electron chi connectivity index (χ4n) is 3.35. The highest BCUT2D eigenvalue weighted by Gasteiger charge is 2.35. The van der Waals surface area contributed by atoms with Crippen molar-refractivity contribution < 1.29 is 4.79 Å². The zero-order valence-electron chi connectivity index (χ0n) is 13.5.